The Labute approximate surface area is 196 Å². The summed E-state index contributed by atoms with van der Waals surface area (Å²) in [6.07, 6.45) is 4.87. The van der Waals surface area contributed by atoms with E-state index in [-0.39, 0.29) is 17.4 Å². The van der Waals surface area contributed by atoms with Gasteiger partial charge in [-0.3, -0.25) is 9.59 Å². The number of aliphatic hydroxyl groups excluding tert-OH is 1. The monoisotopic (exact) mass is 465 g/mol. The fraction of sp³-hybridized carbons (Fsp3) is 0.308. The normalized spacial score (nSPS) is 19.5. The maximum atomic E-state index is 13.7. The number of methoxy groups -OCH3 is 1. The van der Waals surface area contributed by atoms with Crippen LogP contribution in [0.2, 0.25) is 5.02 Å². The summed E-state index contributed by atoms with van der Waals surface area (Å²) in [6.45, 7) is 0. The van der Waals surface area contributed by atoms with Gasteiger partial charge in [0.25, 0.3) is 5.91 Å². The fourth-order valence-corrected chi connectivity index (χ4v) is 5.25. The molecule has 0 bridgehead atoms. The third kappa shape index (κ3) is 3.68. The lowest BCUT2D eigenvalue weighted by Crippen LogP contribution is -2.41. The fourth-order valence-electron chi connectivity index (χ4n) is 5.04. The van der Waals surface area contributed by atoms with Crippen LogP contribution in [0.4, 0.5) is 0 Å². The molecule has 0 saturated heterocycles. The predicted octanol–water partition coefficient (Wildman–Crippen LogP) is 6.01. The smallest absolute Gasteiger partial charge is 0.290 e. The molecule has 6 nitrogen and oxygen atoms in total. The number of benzene rings is 2. The van der Waals surface area contributed by atoms with Crippen molar-refractivity contribution in [1.29, 1.82) is 0 Å². The van der Waals surface area contributed by atoms with E-state index in [1.54, 1.807) is 23.1 Å². The zero-order valence-electron chi connectivity index (χ0n) is 18.2. The first-order valence-corrected chi connectivity index (χ1v) is 11.5. The number of hydrogen-bond acceptors (Lipinski definition) is 5. The van der Waals surface area contributed by atoms with Gasteiger partial charge in [-0.15, -0.1) is 0 Å². The quantitative estimate of drug-likeness (QED) is 0.467. The lowest BCUT2D eigenvalue weighted by molar-refractivity contribution is -0.132. The first-order chi connectivity index (χ1) is 16.0. The number of carbonyl (C=O) groups excluding carboxylic acids is 2. The zero-order chi connectivity index (χ0) is 23.1. The minimum absolute atomic E-state index is 0.0198. The molecule has 170 valence electrons. The molecule has 1 fully saturated rings. The average Bonchev–Trinajstić information content (AvgIpc) is 3.38. The summed E-state index contributed by atoms with van der Waals surface area (Å²) in [5.74, 6) is -1.12. The molecule has 0 radical (unpaired) electrons. The molecule has 1 aromatic heterocycles. The number of ketones is 1. The van der Waals surface area contributed by atoms with Crippen LogP contribution in [0.5, 0.6) is 5.75 Å². The van der Waals surface area contributed by atoms with Crippen molar-refractivity contribution in [2.24, 2.45) is 0 Å². The van der Waals surface area contributed by atoms with Gasteiger partial charge in [-0.25, -0.2) is 0 Å². The van der Waals surface area contributed by atoms with Gasteiger partial charge in [-0.1, -0.05) is 61.2 Å². The number of carbonyl (C=O) groups is 2. The molecule has 2 aromatic carbocycles. The van der Waals surface area contributed by atoms with Gasteiger partial charge in [-0.05, 0) is 30.5 Å². The first-order valence-electron chi connectivity index (χ1n) is 11.1. The van der Waals surface area contributed by atoms with Crippen molar-refractivity contribution in [3.05, 3.63) is 76.2 Å². The standard InChI is InChI=1S/C26H24ClNO5/c1-32-20-14-17(27)12-16-13-19(33-25(16)20)23(29)21-22(15-8-4-2-5-9-15)28(26(31)24(21)30)18-10-6-3-7-11-18/h2,4-5,8-9,12-14,18,22,30H,3,6-7,10-11H2,1H3. The van der Waals surface area contributed by atoms with Gasteiger partial charge < -0.3 is 19.2 Å². The summed E-state index contributed by atoms with van der Waals surface area (Å²) in [5, 5.41) is 12.0. The molecule has 1 amide bonds. The van der Waals surface area contributed by atoms with Crippen molar-refractivity contribution in [3.63, 3.8) is 0 Å². The van der Waals surface area contributed by atoms with Crippen molar-refractivity contribution >= 4 is 34.3 Å². The Morgan fingerprint density at radius 1 is 1.12 bits per heavy atom. The molecular formula is C26H24ClNO5. The Morgan fingerprint density at radius 3 is 2.55 bits per heavy atom. The number of halogens is 1. The third-order valence-corrected chi connectivity index (χ3v) is 6.78. The molecule has 7 heteroatoms. The van der Waals surface area contributed by atoms with Crippen molar-refractivity contribution < 1.29 is 23.8 Å². The van der Waals surface area contributed by atoms with Gasteiger partial charge >= 0.3 is 0 Å². The summed E-state index contributed by atoms with van der Waals surface area (Å²) in [7, 11) is 1.49. The van der Waals surface area contributed by atoms with Crippen LogP contribution in [0.15, 0.2) is 64.3 Å². The van der Waals surface area contributed by atoms with Crippen LogP contribution in [0, 0.1) is 0 Å². The second-order valence-corrected chi connectivity index (χ2v) is 8.98. The molecule has 33 heavy (non-hydrogen) atoms. The number of rotatable bonds is 5. The molecule has 1 unspecified atom stereocenters. The molecule has 2 heterocycles. The maximum Gasteiger partial charge on any atom is 0.290 e. The van der Waals surface area contributed by atoms with Crippen molar-refractivity contribution in [2.75, 3.05) is 7.11 Å². The largest absolute Gasteiger partial charge is 0.503 e. The number of Topliss-reactive ketones (excluding diaryl/α,β-unsaturated/α-hetero) is 1. The lowest BCUT2D eigenvalue weighted by atomic mass is 9.90. The van der Waals surface area contributed by atoms with E-state index < -0.39 is 23.5 Å². The number of aliphatic hydroxyl groups is 1. The Morgan fingerprint density at radius 2 is 1.85 bits per heavy atom. The molecule has 1 atom stereocenters. The molecule has 1 aliphatic carbocycles. The van der Waals surface area contributed by atoms with Crippen molar-refractivity contribution in [3.8, 4) is 5.75 Å². The van der Waals surface area contributed by atoms with Crippen LogP contribution in [-0.2, 0) is 4.79 Å². The summed E-state index contributed by atoms with van der Waals surface area (Å²) >= 11 is 6.16. The van der Waals surface area contributed by atoms with Gasteiger partial charge in [0.15, 0.2) is 22.9 Å². The Bertz CT molecular complexity index is 1260. The highest BCUT2D eigenvalue weighted by molar-refractivity contribution is 6.31. The highest BCUT2D eigenvalue weighted by atomic mass is 35.5. The topological polar surface area (TPSA) is 80.0 Å². The van der Waals surface area contributed by atoms with Crippen LogP contribution in [0.25, 0.3) is 11.0 Å². The van der Waals surface area contributed by atoms with E-state index in [0.29, 0.717) is 21.7 Å². The van der Waals surface area contributed by atoms with Crippen LogP contribution in [0.3, 0.4) is 0 Å². The van der Waals surface area contributed by atoms with E-state index in [9.17, 15) is 14.7 Å². The zero-order valence-corrected chi connectivity index (χ0v) is 19.0. The van der Waals surface area contributed by atoms with Gasteiger partial charge in [-0.2, -0.15) is 0 Å². The summed E-state index contributed by atoms with van der Waals surface area (Å²) in [6, 6.07) is 13.5. The molecule has 0 spiro atoms. The SMILES string of the molecule is COc1cc(Cl)cc2cc(C(=O)C3=C(O)C(=O)N(C4CCCCC4)C3c3ccccc3)oc12. The molecule has 1 aliphatic heterocycles. The Balaban J connectivity index is 1.61. The van der Waals surface area contributed by atoms with E-state index in [2.05, 4.69) is 0 Å². The summed E-state index contributed by atoms with van der Waals surface area (Å²) in [4.78, 5) is 28.6. The number of nitrogens with zero attached hydrogens (tertiary/aromatic N) is 1. The van der Waals surface area contributed by atoms with Crippen LogP contribution in [0.1, 0.15) is 54.3 Å². The van der Waals surface area contributed by atoms with Crippen LogP contribution >= 0.6 is 11.6 Å². The van der Waals surface area contributed by atoms with E-state index in [0.717, 1.165) is 37.7 Å². The summed E-state index contributed by atoms with van der Waals surface area (Å²) < 4.78 is 11.2. The number of fused-ring (bicyclic) bond motifs is 1. The van der Waals surface area contributed by atoms with E-state index >= 15 is 0 Å². The number of amides is 1. The predicted molar refractivity (Wildman–Crippen MR) is 125 cm³/mol. The van der Waals surface area contributed by atoms with Crippen LogP contribution < -0.4 is 4.74 Å². The van der Waals surface area contributed by atoms with Gasteiger partial charge in [0.1, 0.15) is 0 Å². The van der Waals surface area contributed by atoms with Crippen LogP contribution in [-0.4, -0.2) is 34.8 Å². The average molecular weight is 466 g/mol. The van der Waals surface area contributed by atoms with Crippen molar-refractivity contribution in [1.82, 2.24) is 4.90 Å². The third-order valence-electron chi connectivity index (χ3n) is 6.56. The van der Waals surface area contributed by atoms with E-state index in [4.69, 9.17) is 20.8 Å². The minimum Gasteiger partial charge on any atom is -0.503 e. The molecule has 1 N–H and O–H groups in total. The highest BCUT2D eigenvalue weighted by Gasteiger charge is 2.47. The lowest BCUT2D eigenvalue weighted by Gasteiger charge is -2.36. The Kier molecular flexibility index (Phi) is 5.62. The number of ether oxygens (including phenoxy) is 1. The minimum atomic E-state index is -0.673. The Hall–Kier alpha value is -3.25. The maximum absolute atomic E-state index is 13.7. The van der Waals surface area contributed by atoms with E-state index in [1.165, 1.54) is 7.11 Å². The molecule has 3 aromatic rings. The second kappa shape index (κ2) is 8.60. The molecule has 1 saturated carbocycles. The second-order valence-electron chi connectivity index (χ2n) is 8.55. The number of furan rings is 1. The van der Waals surface area contributed by atoms with Crippen molar-refractivity contribution in [2.45, 2.75) is 44.2 Å². The van der Waals surface area contributed by atoms with Gasteiger partial charge in [0.05, 0.1) is 18.7 Å². The summed E-state index contributed by atoms with van der Waals surface area (Å²) in [5.41, 5.74) is 1.21. The molecule has 2 aliphatic rings. The first kappa shape index (κ1) is 21.6. The van der Waals surface area contributed by atoms with Gasteiger partial charge in [0, 0.05) is 22.5 Å². The molecular weight excluding hydrogens is 442 g/mol. The highest BCUT2D eigenvalue weighted by Crippen LogP contribution is 2.43. The van der Waals surface area contributed by atoms with Gasteiger partial charge in [0.2, 0.25) is 5.78 Å². The number of hydrogen-bond donors (Lipinski definition) is 1. The van der Waals surface area contributed by atoms with E-state index in [1.807, 2.05) is 30.3 Å². The molecule has 5 rings (SSSR count).